The fourth-order valence-corrected chi connectivity index (χ4v) is 2.88. The minimum Gasteiger partial charge on any atom is -0.410 e. The largest absolute Gasteiger partial charge is 0.410 e. The number of nitriles is 1. The molecular formula is C17H20N6O3. The SMILES string of the molecule is CCC(C)(C#N)C(=O)N1CCC1CNC(=O)c1ccc2nnn(O)c2c1. The van der Waals surface area contributed by atoms with Gasteiger partial charge in [-0.25, -0.2) is 0 Å². The van der Waals surface area contributed by atoms with E-state index in [9.17, 15) is 20.1 Å². The van der Waals surface area contributed by atoms with Crippen LogP contribution in [0.4, 0.5) is 0 Å². The molecule has 2 unspecified atom stereocenters. The summed E-state index contributed by atoms with van der Waals surface area (Å²) in [6.07, 6.45) is 1.23. The van der Waals surface area contributed by atoms with E-state index in [0.717, 1.165) is 6.42 Å². The molecule has 0 aliphatic carbocycles. The van der Waals surface area contributed by atoms with E-state index in [1.807, 2.05) is 6.92 Å². The second-order valence-corrected chi connectivity index (χ2v) is 6.63. The van der Waals surface area contributed by atoms with Crippen LogP contribution in [0.3, 0.4) is 0 Å². The fourth-order valence-electron chi connectivity index (χ4n) is 2.88. The number of benzene rings is 1. The van der Waals surface area contributed by atoms with Gasteiger partial charge in [-0.2, -0.15) is 5.26 Å². The smallest absolute Gasteiger partial charge is 0.251 e. The van der Waals surface area contributed by atoms with Crippen LogP contribution in [0.25, 0.3) is 11.0 Å². The highest BCUT2D eigenvalue weighted by molar-refractivity contribution is 5.97. The summed E-state index contributed by atoms with van der Waals surface area (Å²) < 4.78 is 0. The maximum Gasteiger partial charge on any atom is 0.251 e. The van der Waals surface area contributed by atoms with Crippen molar-refractivity contribution in [2.75, 3.05) is 13.1 Å². The number of likely N-dealkylation sites (tertiary alicyclic amines) is 1. The highest BCUT2D eigenvalue weighted by Gasteiger charge is 2.42. The minimum atomic E-state index is -1.03. The van der Waals surface area contributed by atoms with Crippen molar-refractivity contribution in [2.45, 2.75) is 32.7 Å². The Kier molecular flexibility index (Phi) is 4.50. The van der Waals surface area contributed by atoms with E-state index in [0.29, 0.717) is 41.0 Å². The van der Waals surface area contributed by atoms with Crippen LogP contribution in [0.15, 0.2) is 18.2 Å². The van der Waals surface area contributed by atoms with E-state index in [1.165, 1.54) is 6.07 Å². The Hall–Kier alpha value is -3.15. The van der Waals surface area contributed by atoms with Gasteiger partial charge in [-0.05, 0) is 43.2 Å². The molecule has 1 aromatic heterocycles. The third kappa shape index (κ3) is 2.94. The highest BCUT2D eigenvalue weighted by atomic mass is 16.5. The number of hydrogen-bond acceptors (Lipinski definition) is 6. The first-order valence-corrected chi connectivity index (χ1v) is 8.45. The molecule has 2 aromatic rings. The molecule has 1 aliphatic heterocycles. The van der Waals surface area contributed by atoms with E-state index in [-0.39, 0.29) is 17.9 Å². The van der Waals surface area contributed by atoms with Gasteiger partial charge >= 0.3 is 0 Å². The number of nitrogens with one attached hydrogen (secondary N) is 1. The van der Waals surface area contributed by atoms with Crippen molar-refractivity contribution in [1.29, 1.82) is 5.26 Å². The standard InChI is InChI=1S/C17H20N6O3/c1-3-17(2,10-18)16(25)22-7-6-12(22)9-19-15(24)11-4-5-13-14(8-11)23(26)21-20-13/h4-5,8,12,26H,3,6-7,9H2,1-2H3,(H,19,24). The molecule has 26 heavy (non-hydrogen) atoms. The topological polar surface area (TPSA) is 124 Å². The highest BCUT2D eigenvalue weighted by Crippen LogP contribution is 2.28. The molecule has 0 saturated carbocycles. The van der Waals surface area contributed by atoms with Crippen molar-refractivity contribution >= 4 is 22.8 Å². The zero-order valence-corrected chi connectivity index (χ0v) is 14.6. The second kappa shape index (κ2) is 6.63. The third-order valence-corrected chi connectivity index (χ3v) is 5.02. The Morgan fingerprint density at radius 1 is 1.50 bits per heavy atom. The first kappa shape index (κ1) is 17.7. The van der Waals surface area contributed by atoms with Gasteiger partial charge in [0, 0.05) is 18.7 Å². The number of amides is 2. The van der Waals surface area contributed by atoms with Crippen LogP contribution in [0.2, 0.25) is 0 Å². The van der Waals surface area contributed by atoms with Gasteiger partial charge in [-0.1, -0.05) is 11.8 Å². The molecule has 1 aliphatic rings. The van der Waals surface area contributed by atoms with Crippen LogP contribution >= 0.6 is 0 Å². The van der Waals surface area contributed by atoms with Crippen molar-refractivity contribution in [3.05, 3.63) is 23.8 Å². The Morgan fingerprint density at radius 2 is 2.27 bits per heavy atom. The predicted octanol–water partition coefficient (Wildman–Crippen LogP) is 0.939. The van der Waals surface area contributed by atoms with Crippen molar-refractivity contribution in [1.82, 2.24) is 25.4 Å². The molecule has 2 heterocycles. The summed E-state index contributed by atoms with van der Waals surface area (Å²) in [5.74, 6) is -0.504. The molecule has 1 saturated heterocycles. The molecule has 2 N–H and O–H groups in total. The number of fused-ring (bicyclic) bond motifs is 1. The lowest BCUT2D eigenvalue weighted by Crippen LogP contribution is -2.59. The van der Waals surface area contributed by atoms with Crippen LogP contribution in [0.1, 0.15) is 37.0 Å². The lowest BCUT2D eigenvalue weighted by Gasteiger charge is -2.43. The Labute approximate surface area is 150 Å². The first-order valence-electron chi connectivity index (χ1n) is 8.45. The van der Waals surface area contributed by atoms with Crippen molar-refractivity contribution < 1.29 is 14.8 Å². The second-order valence-electron chi connectivity index (χ2n) is 6.63. The maximum absolute atomic E-state index is 12.5. The van der Waals surface area contributed by atoms with Gasteiger partial charge in [-0.3, -0.25) is 9.59 Å². The number of nitrogens with zero attached hydrogens (tertiary/aromatic N) is 5. The van der Waals surface area contributed by atoms with E-state index in [2.05, 4.69) is 21.7 Å². The predicted molar refractivity (Wildman–Crippen MR) is 91.2 cm³/mol. The molecule has 0 bridgehead atoms. The average molecular weight is 356 g/mol. The summed E-state index contributed by atoms with van der Waals surface area (Å²) >= 11 is 0. The van der Waals surface area contributed by atoms with Crippen LogP contribution in [-0.4, -0.2) is 56.2 Å². The molecule has 136 valence electrons. The van der Waals surface area contributed by atoms with Crippen LogP contribution in [0, 0.1) is 16.7 Å². The molecule has 2 amide bonds. The van der Waals surface area contributed by atoms with Crippen LogP contribution in [-0.2, 0) is 4.79 Å². The Bertz CT molecular complexity index is 902. The van der Waals surface area contributed by atoms with Gasteiger partial charge < -0.3 is 15.4 Å². The van der Waals surface area contributed by atoms with E-state index in [1.54, 1.807) is 24.0 Å². The van der Waals surface area contributed by atoms with Gasteiger partial charge in [0.15, 0.2) is 0 Å². The monoisotopic (exact) mass is 356 g/mol. The van der Waals surface area contributed by atoms with Gasteiger partial charge in [0.05, 0.1) is 12.1 Å². The third-order valence-electron chi connectivity index (χ3n) is 5.02. The van der Waals surface area contributed by atoms with Crippen LogP contribution < -0.4 is 5.32 Å². The molecule has 2 atom stereocenters. The van der Waals surface area contributed by atoms with Gasteiger partial charge in [0.1, 0.15) is 16.4 Å². The fraction of sp³-hybridized carbons (Fsp3) is 0.471. The van der Waals surface area contributed by atoms with Crippen molar-refractivity contribution in [2.24, 2.45) is 5.41 Å². The quantitative estimate of drug-likeness (QED) is 0.768. The van der Waals surface area contributed by atoms with Gasteiger partial charge in [0.25, 0.3) is 5.91 Å². The zero-order valence-electron chi connectivity index (χ0n) is 14.6. The number of carbonyl (C=O) groups excluding carboxylic acids is 2. The molecule has 0 spiro atoms. The number of carbonyl (C=O) groups is 2. The average Bonchev–Trinajstić information content (AvgIpc) is 3.00. The number of hydrogen-bond donors (Lipinski definition) is 2. The number of rotatable bonds is 5. The lowest BCUT2D eigenvalue weighted by atomic mass is 9.85. The summed E-state index contributed by atoms with van der Waals surface area (Å²) in [4.78, 5) is 27.2. The lowest BCUT2D eigenvalue weighted by molar-refractivity contribution is -0.146. The number of aromatic nitrogens is 3. The molecule has 0 radical (unpaired) electrons. The summed E-state index contributed by atoms with van der Waals surface area (Å²) in [6, 6.07) is 6.68. The minimum absolute atomic E-state index is 0.112. The van der Waals surface area contributed by atoms with Crippen molar-refractivity contribution in [3.63, 3.8) is 0 Å². The van der Waals surface area contributed by atoms with E-state index >= 15 is 0 Å². The summed E-state index contributed by atoms with van der Waals surface area (Å²) in [6.45, 7) is 4.36. The van der Waals surface area contributed by atoms with Gasteiger partial charge in [0.2, 0.25) is 5.91 Å². The molecule has 1 aromatic carbocycles. The molecule has 3 rings (SSSR count). The Balaban J connectivity index is 1.63. The normalized spacial score (nSPS) is 18.7. The summed E-state index contributed by atoms with van der Waals surface area (Å²) in [5.41, 5.74) is 0.156. The van der Waals surface area contributed by atoms with E-state index in [4.69, 9.17) is 0 Å². The first-order chi connectivity index (χ1) is 12.4. The van der Waals surface area contributed by atoms with Gasteiger partial charge in [-0.15, -0.1) is 5.10 Å². The molecule has 1 fully saturated rings. The van der Waals surface area contributed by atoms with Crippen LogP contribution in [0.5, 0.6) is 0 Å². The van der Waals surface area contributed by atoms with Crippen molar-refractivity contribution in [3.8, 4) is 6.07 Å². The summed E-state index contributed by atoms with van der Waals surface area (Å²) in [5, 5.41) is 28.8. The molecule has 9 heteroatoms. The molecular weight excluding hydrogens is 336 g/mol. The van der Waals surface area contributed by atoms with E-state index < -0.39 is 5.41 Å². The summed E-state index contributed by atoms with van der Waals surface area (Å²) in [7, 11) is 0. The zero-order chi connectivity index (χ0) is 18.9. The Morgan fingerprint density at radius 3 is 2.88 bits per heavy atom. The molecule has 9 nitrogen and oxygen atoms in total. The maximum atomic E-state index is 12.5.